The molecule has 3 heterocycles. The standard InChI is InChI=1S/C24H28N4O/c1-17-12-20(13-19-8-5-4-6-9-19)14-23(25-17)21-10-7-11-28(15-21)24(29)22-16-27(3)26-18(22)2/h4-6,8-9,12,14,16,21H,7,10-11,13,15H2,1-3H3/t21-/m1/s1. The minimum Gasteiger partial charge on any atom is -0.338 e. The first kappa shape index (κ1) is 19.4. The number of hydrogen-bond acceptors (Lipinski definition) is 3. The summed E-state index contributed by atoms with van der Waals surface area (Å²) >= 11 is 0. The molecule has 1 aliphatic heterocycles. The summed E-state index contributed by atoms with van der Waals surface area (Å²) in [5.41, 5.74) is 6.23. The minimum absolute atomic E-state index is 0.0810. The van der Waals surface area contributed by atoms with Crippen LogP contribution in [0.4, 0.5) is 0 Å². The fourth-order valence-electron chi connectivity index (χ4n) is 4.29. The second-order valence-electron chi connectivity index (χ2n) is 8.10. The number of pyridine rings is 1. The third-order valence-corrected chi connectivity index (χ3v) is 5.65. The molecule has 0 N–H and O–H groups in total. The largest absolute Gasteiger partial charge is 0.338 e. The van der Waals surface area contributed by atoms with Gasteiger partial charge in [0, 0.05) is 43.6 Å². The number of carbonyl (C=O) groups is 1. The predicted molar refractivity (Wildman–Crippen MR) is 114 cm³/mol. The molecule has 2 aromatic heterocycles. The van der Waals surface area contributed by atoms with E-state index < -0.39 is 0 Å². The number of hydrogen-bond donors (Lipinski definition) is 0. The van der Waals surface area contributed by atoms with Crippen LogP contribution in [0.5, 0.6) is 0 Å². The minimum atomic E-state index is 0.0810. The summed E-state index contributed by atoms with van der Waals surface area (Å²) in [6.07, 6.45) is 4.79. The van der Waals surface area contributed by atoms with Crippen LogP contribution < -0.4 is 0 Å². The summed E-state index contributed by atoms with van der Waals surface area (Å²) in [6.45, 7) is 5.47. The van der Waals surface area contributed by atoms with Gasteiger partial charge in [-0.2, -0.15) is 5.10 Å². The Morgan fingerprint density at radius 1 is 1.14 bits per heavy atom. The lowest BCUT2D eigenvalue weighted by Crippen LogP contribution is -2.39. The molecule has 1 atom stereocenters. The van der Waals surface area contributed by atoms with E-state index in [1.807, 2.05) is 31.1 Å². The van der Waals surface area contributed by atoms with E-state index in [2.05, 4.69) is 48.4 Å². The molecule has 5 nitrogen and oxygen atoms in total. The summed E-state index contributed by atoms with van der Waals surface area (Å²) < 4.78 is 1.71. The van der Waals surface area contributed by atoms with Crippen molar-refractivity contribution >= 4 is 5.91 Å². The van der Waals surface area contributed by atoms with Gasteiger partial charge in [-0.15, -0.1) is 0 Å². The van der Waals surface area contributed by atoms with E-state index >= 15 is 0 Å². The summed E-state index contributed by atoms with van der Waals surface area (Å²) in [7, 11) is 1.85. The molecule has 0 unspecified atom stereocenters. The van der Waals surface area contributed by atoms with Crippen molar-refractivity contribution in [3.8, 4) is 0 Å². The third-order valence-electron chi connectivity index (χ3n) is 5.65. The van der Waals surface area contributed by atoms with E-state index in [0.29, 0.717) is 12.1 Å². The first-order chi connectivity index (χ1) is 14.0. The van der Waals surface area contributed by atoms with Gasteiger partial charge in [-0.3, -0.25) is 14.5 Å². The summed E-state index contributed by atoms with van der Waals surface area (Å²) in [4.78, 5) is 19.8. The highest BCUT2D eigenvalue weighted by Crippen LogP contribution is 2.28. The zero-order valence-electron chi connectivity index (χ0n) is 17.4. The number of benzene rings is 1. The maximum atomic E-state index is 13.0. The normalized spacial score (nSPS) is 16.8. The molecule has 0 bridgehead atoms. The number of aryl methyl sites for hydroxylation is 3. The summed E-state index contributed by atoms with van der Waals surface area (Å²) in [5.74, 6) is 0.358. The lowest BCUT2D eigenvalue weighted by Gasteiger charge is -2.32. The Kier molecular flexibility index (Phi) is 5.47. The summed E-state index contributed by atoms with van der Waals surface area (Å²) in [6, 6.07) is 14.9. The van der Waals surface area contributed by atoms with Crippen LogP contribution in [0, 0.1) is 13.8 Å². The first-order valence-electron chi connectivity index (χ1n) is 10.3. The number of amides is 1. The molecule has 150 valence electrons. The van der Waals surface area contributed by atoms with Crippen LogP contribution in [-0.2, 0) is 13.5 Å². The van der Waals surface area contributed by atoms with Crippen molar-refractivity contribution in [2.45, 2.75) is 39.0 Å². The van der Waals surface area contributed by atoms with E-state index in [0.717, 1.165) is 42.9 Å². The van der Waals surface area contributed by atoms with Crippen molar-refractivity contribution in [2.24, 2.45) is 7.05 Å². The van der Waals surface area contributed by atoms with Crippen LogP contribution in [0.3, 0.4) is 0 Å². The number of carbonyl (C=O) groups excluding carboxylic acids is 1. The zero-order chi connectivity index (χ0) is 20.4. The number of likely N-dealkylation sites (tertiary alicyclic amines) is 1. The molecular formula is C24H28N4O. The van der Waals surface area contributed by atoms with Gasteiger partial charge in [0.1, 0.15) is 0 Å². The molecule has 1 amide bonds. The lowest BCUT2D eigenvalue weighted by molar-refractivity contribution is 0.0705. The van der Waals surface area contributed by atoms with Crippen molar-refractivity contribution in [2.75, 3.05) is 13.1 Å². The highest BCUT2D eigenvalue weighted by atomic mass is 16.2. The number of nitrogens with zero attached hydrogens (tertiary/aromatic N) is 4. The topological polar surface area (TPSA) is 51.0 Å². The van der Waals surface area contributed by atoms with Crippen molar-refractivity contribution in [1.82, 2.24) is 19.7 Å². The van der Waals surface area contributed by atoms with E-state index in [1.165, 1.54) is 11.1 Å². The Balaban J connectivity index is 1.53. The Morgan fingerprint density at radius 2 is 1.93 bits per heavy atom. The molecule has 1 aromatic carbocycles. The molecule has 3 aromatic rings. The second kappa shape index (κ2) is 8.19. The Labute approximate surface area is 172 Å². The molecule has 1 aliphatic rings. The monoisotopic (exact) mass is 388 g/mol. The van der Waals surface area contributed by atoms with Crippen LogP contribution in [0.15, 0.2) is 48.7 Å². The van der Waals surface area contributed by atoms with Crippen molar-refractivity contribution in [1.29, 1.82) is 0 Å². The van der Waals surface area contributed by atoms with Crippen LogP contribution in [0.25, 0.3) is 0 Å². The first-order valence-corrected chi connectivity index (χ1v) is 10.3. The van der Waals surface area contributed by atoms with Gasteiger partial charge in [0.05, 0.1) is 11.3 Å². The molecule has 0 aliphatic carbocycles. The second-order valence-corrected chi connectivity index (χ2v) is 8.10. The maximum absolute atomic E-state index is 13.0. The van der Waals surface area contributed by atoms with Gasteiger partial charge in [0.2, 0.25) is 0 Å². The van der Waals surface area contributed by atoms with Crippen LogP contribution in [0.2, 0.25) is 0 Å². The maximum Gasteiger partial charge on any atom is 0.257 e. The van der Waals surface area contributed by atoms with Crippen LogP contribution >= 0.6 is 0 Å². The van der Waals surface area contributed by atoms with Crippen LogP contribution in [0.1, 0.15) is 57.3 Å². The van der Waals surface area contributed by atoms with Gasteiger partial charge in [0.25, 0.3) is 5.91 Å². The quantitative estimate of drug-likeness (QED) is 0.678. The molecule has 1 saturated heterocycles. The van der Waals surface area contributed by atoms with Gasteiger partial charge in [0.15, 0.2) is 0 Å². The van der Waals surface area contributed by atoms with E-state index in [-0.39, 0.29) is 11.8 Å². The molecule has 29 heavy (non-hydrogen) atoms. The molecule has 1 fully saturated rings. The smallest absolute Gasteiger partial charge is 0.257 e. The molecule has 4 rings (SSSR count). The van der Waals surface area contributed by atoms with E-state index in [4.69, 9.17) is 4.98 Å². The van der Waals surface area contributed by atoms with Gasteiger partial charge in [-0.25, -0.2) is 0 Å². The third kappa shape index (κ3) is 4.39. The van der Waals surface area contributed by atoms with Crippen LogP contribution in [-0.4, -0.2) is 38.7 Å². The fraction of sp³-hybridized carbons (Fsp3) is 0.375. The van der Waals surface area contributed by atoms with Gasteiger partial charge >= 0.3 is 0 Å². The highest BCUT2D eigenvalue weighted by molar-refractivity contribution is 5.95. The lowest BCUT2D eigenvalue weighted by atomic mass is 9.92. The number of piperidine rings is 1. The Hall–Kier alpha value is -2.95. The zero-order valence-corrected chi connectivity index (χ0v) is 17.4. The average Bonchev–Trinajstić information content (AvgIpc) is 3.06. The Bertz CT molecular complexity index is 1010. The average molecular weight is 389 g/mol. The predicted octanol–water partition coefficient (Wildman–Crippen LogP) is 4.04. The number of rotatable bonds is 4. The molecule has 5 heteroatoms. The molecule has 0 radical (unpaired) electrons. The Morgan fingerprint density at radius 3 is 2.66 bits per heavy atom. The highest BCUT2D eigenvalue weighted by Gasteiger charge is 2.28. The van der Waals surface area contributed by atoms with Gasteiger partial charge in [-0.05, 0) is 56.4 Å². The molecule has 0 spiro atoms. The fourth-order valence-corrected chi connectivity index (χ4v) is 4.29. The van der Waals surface area contributed by atoms with Gasteiger partial charge in [-0.1, -0.05) is 30.3 Å². The SMILES string of the molecule is Cc1cc(Cc2ccccc2)cc([C@@H]2CCCN(C(=O)c3cn(C)nc3C)C2)n1. The van der Waals surface area contributed by atoms with Gasteiger partial charge < -0.3 is 4.90 Å². The van der Waals surface area contributed by atoms with E-state index in [1.54, 1.807) is 4.68 Å². The molecule has 0 saturated carbocycles. The molecular weight excluding hydrogens is 360 g/mol. The van der Waals surface area contributed by atoms with Crippen molar-refractivity contribution in [3.63, 3.8) is 0 Å². The van der Waals surface area contributed by atoms with Crippen molar-refractivity contribution < 1.29 is 4.79 Å². The summed E-state index contributed by atoms with van der Waals surface area (Å²) in [5, 5.41) is 4.32. The van der Waals surface area contributed by atoms with Crippen molar-refractivity contribution in [3.05, 3.63) is 82.4 Å². The van der Waals surface area contributed by atoms with E-state index in [9.17, 15) is 4.79 Å². The number of aromatic nitrogens is 3.